The molecule has 1 unspecified atom stereocenters. The number of aromatic nitrogens is 2. The first kappa shape index (κ1) is 16.3. The van der Waals surface area contributed by atoms with E-state index in [4.69, 9.17) is 9.15 Å². The van der Waals surface area contributed by atoms with Crippen LogP contribution in [0.4, 0.5) is 0 Å². The van der Waals surface area contributed by atoms with Crippen LogP contribution in [-0.2, 0) is 17.6 Å². The van der Waals surface area contributed by atoms with E-state index in [1.807, 2.05) is 19.1 Å². The Morgan fingerprint density at radius 3 is 2.91 bits per heavy atom. The fraction of sp³-hybridized carbons (Fsp3) is 0.500. The van der Waals surface area contributed by atoms with Crippen LogP contribution in [0, 0.1) is 0 Å². The number of nitrogens with zero attached hydrogens (tertiary/aromatic N) is 1. The molecule has 0 fully saturated rings. The lowest BCUT2D eigenvalue weighted by Gasteiger charge is -2.15. The van der Waals surface area contributed by atoms with Crippen molar-refractivity contribution in [2.75, 3.05) is 13.7 Å². The third kappa shape index (κ3) is 3.98. The van der Waals surface area contributed by atoms with Crippen molar-refractivity contribution in [2.24, 2.45) is 0 Å². The van der Waals surface area contributed by atoms with Gasteiger partial charge in [-0.05, 0) is 24.6 Å². The Balaban J connectivity index is 2.07. The zero-order valence-electron chi connectivity index (χ0n) is 13.3. The highest BCUT2D eigenvalue weighted by Crippen LogP contribution is 2.18. The van der Waals surface area contributed by atoms with Crippen LogP contribution in [0.3, 0.4) is 0 Å². The number of amides is 1. The van der Waals surface area contributed by atoms with Gasteiger partial charge >= 0.3 is 0 Å². The summed E-state index contributed by atoms with van der Waals surface area (Å²) in [5, 5.41) is 9.84. The Bertz CT molecular complexity index is 603. The van der Waals surface area contributed by atoms with Crippen molar-refractivity contribution in [3.8, 4) is 0 Å². The van der Waals surface area contributed by atoms with Gasteiger partial charge in [0.1, 0.15) is 23.3 Å². The summed E-state index contributed by atoms with van der Waals surface area (Å²) in [6, 6.07) is 5.24. The zero-order chi connectivity index (χ0) is 15.9. The Labute approximate surface area is 130 Å². The highest BCUT2D eigenvalue weighted by Gasteiger charge is 2.20. The topological polar surface area (TPSA) is 80.2 Å². The van der Waals surface area contributed by atoms with Crippen LogP contribution in [0.2, 0.25) is 0 Å². The fourth-order valence-corrected chi connectivity index (χ4v) is 2.24. The van der Waals surface area contributed by atoms with Gasteiger partial charge in [-0.3, -0.25) is 9.89 Å². The van der Waals surface area contributed by atoms with E-state index < -0.39 is 0 Å². The summed E-state index contributed by atoms with van der Waals surface area (Å²) in [5.41, 5.74) is 1.34. The highest BCUT2D eigenvalue weighted by molar-refractivity contribution is 5.92. The summed E-state index contributed by atoms with van der Waals surface area (Å²) in [6.07, 6.45) is 2.69. The maximum Gasteiger partial charge on any atom is 0.272 e. The largest absolute Gasteiger partial charge is 0.464 e. The first-order valence-electron chi connectivity index (χ1n) is 7.60. The predicted molar refractivity (Wildman–Crippen MR) is 82.8 cm³/mol. The number of aryl methyl sites for hydroxylation is 2. The molecule has 2 heterocycles. The van der Waals surface area contributed by atoms with E-state index in [1.54, 1.807) is 13.2 Å². The van der Waals surface area contributed by atoms with E-state index in [-0.39, 0.29) is 11.9 Å². The number of hydrogen-bond acceptors (Lipinski definition) is 4. The summed E-state index contributed by atoms with van der Waals surface area (Å²) in [7, 11) is 1.59. The second-order valence-corrected chi connectivity index (χ2v) is 5.17. The number of nitrogens with one attached hydrogen (secondary N) is 2. The second kappa shape index (κ2) is 7.79. The van der Waals surface area contributed by atoms with E-state index in [0.717, 1.165) is 30.7 Å². The van der Waals surface area contributed by atoms with Crippen LogP contribution in [0.15, 0.2) is 22.6 Å². The fourth-order valence-electron chi connectivity index (χ4n) is 2.24. The maximum absolute atomic E-state index is 12.3. The van der Waals surface area contributed by atoms with E-state index >= 15 is 0 Å². The molecule has 0 aliphatic rings. The molecule has 1 atom stereocenters. The molecule has 1 amide bonds. The average Bonchev–Trinajstić information content (AvgIpc) is 3.16. The Kier molecular flexibility index (Phi) is 5.77. The van der Waals surface area contributed by atoms with Crippen molar-refractivity contribution in [1.29, 1.82) is 0 Å². The van der Waals surface area contributed by atoms with Crippen LogP contribution in [0.1, 0.15) is 54.0 Å². The molecule has 0 aromatic carbocycles. The molecule has 0 aliphatic heterocycles. The molecule has 2 N–H and O–H groups in total. The molecule has 0 saturated carbocycles. The monoisotopic (exact) mass is 305 g/mol. The molecule has 6 nitrogen and oxygen atoms in total. The summed E-state index contributed by atoms with van der Waals surface area (Å²) in [4.78, 5) is 12.3. The highest BCUT2D eigenvalue weighted by atomic mass is 16.5. The number of furan rings is 1. The quantitative estimate of drug-likeness (QED) is 0.785. The third-order valence-corrected chi connectivity index (χ3v) is 3.40. The maximum atomic E-state index is 12.3. The summed E-state index contributed by atoms with van der Waals surface area (Å²) in [6.45, 7) is 4.44. The molecular formula is C16H23N3O3. The summed E-state index contributed by atoms with van der Waals surface area (Å²) < 4.78 is 10.9. The van der Waals surface area contributed by atoms with Crippen molar-refractivity contribution < 1.29 is 13.9 Å². The number of carbonyl (C=O) groups excluding carboxylic acids is 1. The lowest BCUT2D eigenvalue weighted by molar-refractivity contribution is 0.0877. The number of aromatic amines is 1. The van der Waals surface area contributed by atoms with Gasteiger partial charge < -0.3 is 14.5 Å². The summed E-state index contributed by atoms with van der Waals surface area (Å²) >= 11 is 0. The molecule has 0 radical (unpaired) electrons. The minimum absolute atomic E-state index is 0.241. The smallest absolute Gasteiger partial charge is 0.272 e. The number of methoxy groups -OCH3 is 1. The van der Waals surface area contributed by atoms with Crippen LogP contribution in [0.5, 0.6) is 0 Å². The Morgan fingerprint density at radius 2 is 2.27 bits per heavy atom. The average molecular weight is 305 g/mol. The minimum atomic E-state index is -0.330. The van der Waals surface area contributed by atoms with Crippen LogP contribution in [-0.4, -0.2) is 29.8 Å². The molecule has 22 heavy (non-hydrogen) atoms. The van der Waals surface area contributed by atoms with Gasteiger partial charge in [0.05, 0.1) is 6.61 Å². The van der Waals surface area contributed by atoms with Gasteiger partial charge in [-0.1, -0.05) is 20.3 Å². The molecule has 120 valence electrons. The molecule has 2 aromatic rings. The van der Waals surface area contributed by atoms with Gasteiger partial charge in [0.2, 0.25) is 0 Å². The normalized spacial score (nSPS) is 12.3. The van der Waals surface area contributed by atoms with Crippen molar-refractivity contribution in [1.82, 2.24) is 15.5 Å². The SMILES string of the molecule is CCCc1cc(C(=O)NC(COC)c2ccc(CC)o2)n[nH]1. The van der Waals surface area contributed by atoms with Gasteiger partial charge in [0.15, 0.2) is 0 Å². The van der Waals surface area contributed by atoms with Crippen molar-refractivity contribution in [3.05, 3.63) is 41.1 Å². The number of hydrogen-bond donors (Lipinski definition) is 2. The molecule has 0 spiro atoms. The lowest BCUT2D eigenvalue weighted by atomic mass is 10.2. The number of rotatable bonds is 8. The third-order valence-electron chi connectivity index (χ3n) is 3.40. The second-order valence-electron chi connectivity index (χ2n) is 5.17. The Morgan fingerprint density at radius 1 is 1.45 bits per heavy atom. The first-order valence-corrected chi connectivity index (χ1v) is 7.60. The molecular weight excluding hydrogens is 282 g/mol. The lowest BCUT2D eigenvalue weighted by Crippen LogP contribution is -2.31. The van der Waals surface area contributed by atoms with Crippen LogP contribution in [0.25, 0.3) is 0 Å². The van der Waals surface area contributed by atoms with E-state index in [9.17, 15) is 4.79 Å². The zero-order valence-corrected chi connectivity index (χ0v) is 13.3. The standard InChI is InChI=1S/C16H23N3O3/c1-4-6-11-9-13(19-18-11)16(20)17-14(10-21-3)15-8-7-12(5-2)22-15/h7-9,14H,4-6,10H2,1-3H3,(H,17,20)(H,18,19). The van der Waals surface area contributed by atoms with E-state index in [2.05, 4.69) is 22.4 Å². The first-order chi connectivity index (χ1) is 10.7. The predicted octanol–water partition coefficient (Wildman–Crippen LogP) is 2.64. The van der Waals surface area contributed by atoms with E-state index in [0.29, 0.717) is 18.1 Å². The Hall–Kier alpha value is -2.08. The van der Waals surface area contributed by atoms with E-state index in [1.165, 1.54) is 0 Å². The molecule has 2 rings (SSSR count). The molecule has 2 aromatic heterocycles. The van der Waals surface area contributed by atoms with Gasteiger partial charge in [0, 0.05) is 19.2 Å². The minimum Gasteiger partial charge on any atom is -0.464 e. The van der Waals surface area contributed by atoms with Crippen LogP contribution >= 0.6 is 0 Å². The molecule has 0 aliphatic carbocycles. The van der Waals surface area contributed by atoms with Crippen molar-refractivity contribution in [2.45, 2.75) is 39.2 Å². The van der Waals surface area contributed by atoms with Gasteiger partial charge in [-0.15, -0.1) is 0 Å². The number of carbonyl (C=O) groups is 1. The van der Waals surface area contributed by atoms with Gasteiger partial charge in [-0.2, -0.15) is 5.10 Å². The number of ether oxygens (including phenoxy) is 1. The molecule has 0 bridgehead atoms. The summed E-state index contributed by atoms with van der Waals surface area (Å²) in [5.74, 6) is 1.34. The number of H-pyrrole nitrogens is 1. The van der Waals surface area contributed by atoms with Crippen LogP contribution < -0.4 is 5.32 Å². The van der Waals surface area contributed by atoms with Crippen molar-refractivity contribution in [3.63, 3.8) is 0 Å². The molecule has 6 heteroatoms. The van der Waals surface area contributed by atoms with Gasteiger partial charge in [0.25, 0.3) is 5.91 Å². The molecule has 0 saturated heterocycles. The van der Waals surface area contributed by atoms with Gasteiger partial charge in [-0.25, -0.2) is 0 Å². The van der Waals surface area contributed by atoms with Crippen molar-refractivity contribution >= 4 is 5.91 Å².